The molecule has 0 saturated carbocycles. The first kappa shape index (κ1) is 8.68. The SMILES string of the molecule is CNCCc1ccncc1Br. The first-order valence-corrected chi connectivity index (χ1v) is 4.37. The summed E-state index contributed by atoms with van der Waals surface area (Å²) in [6.45, 7) is 1.00. The van der Waals surface area contributed by atoms with Crippen molar-refractivity contribution in [1.29, 1.82) is 0 Å². The lowest BCUT2D eigenvalue weighted by molar-refractivity contribution is 0.788. The fourth-order valence-electron chi connectivity index (χ4n) is 0.866. The topological polar surface area (TPSA) is 24.9 Å². The van der Waals surface area contributed by atoms with Crippen LogP contribution in [0.3, 0.4) is 0 Å². The molecule has 0 bridgehead atoms. The summed E-state index contributed by atoms with van der Waals surface area (Å²) in [6.07, 6.45) is 4.68. The molecule has 3 heteroatoms. The Morgan fingerprint density at radius 3 is 3.09 bits per heavy atom. The number of rotatable bonds is 3. The first-order valence-electron chi connectivity index (χ1n) is 3.57. The molecular weight excluding hydrogens is 204 g/mol. The lowest BCUT2D eigenvalue weighted by Crippen LogP contribution is -2.10. The summed E-state index contributed by atoms with van der Waals surface area (Å²) in [5.74, 6) is 0. The summed E-state index contributed by atoms with van der Waals surface area (Å²) in [6, 6.07) is 2.03. The van der Waals surface area contributed by atoms with E-state index in [1.54, 1.807) is 0 Å². The van der Waals surface area contributed by atoms with Crippen molar-refractivity contribution in [3.05, 3.63) is 28.5 Å². The molecule has 0 unspecified atom stereocenters. The van der Waals surface area contributed by atoms with Crippen LogP contribution in [-0.4, -0.2) is 18.6 Å². The van der Waals surface area contributed by atoms with Gasteiger partial charge in [-0.05, 0) is 47.6 Å². The van der Waals surface area contributed by atoms with Gasteiger partial charge in [0, 0.05) is 16.9 Å². The maximum Gasteiger partial charge on any atom is 0.0412 e. The van der Waals surface area contributed by atoms with E-state index >= 15 is 0 Å². The van der Waals surface area contributed by atoms with Crippen molar-refractivity contribution in [3.63, 3.8) is 0 Å². The Hall–Kier alpha value is -0.410. The van der Waals surface area contributed by atoms with E-state index in [1.165, 1.54) is 5.56 Å². The molecule has 1 rings (SSSR count). The van der Waals surface area contributed by atoms with Crippen LogP contribution in [0.5, 0.6) is 0 Å². The van der Waals surface area contributed by atoms with Crippen molar-refractivity contribution in [1.82, 2.24) is 10.3 Å². The fraction of sp³-hybridized carbons (Fsp3) is 0.375. The Labute approximate surface area is 75.2 Å². The molecule has 0 amide bonds. The molecule has 0 aliphatic rings. The number of hydrogen-bond acceptors (Lipinski definition) is 2. The van der Waals surface area contributed by atoms with Gasteiger partial charge in [-0.3, -0.25) is 4.98 Å². The molecule has 0 aromatic carbocycles. The second kappa shape index (κ2) is 4.46. The van der Waals surface area contributed by atoms with Crippen molar-refractivity contribution in [2.24, 2.45) is 0 Å². The van der Waals surface area contributed by atoms with Gasteiger partial charge < -0.3 is 5.32 Å². The molecule has 0 spiro atoms. The first-order chi connectivity index (χ1) is 5.34. The third kappa shape index (κ3) is 2.60. The summed E-state index contributed by atoms with van der Waals surface area (Å²) >= 11 is 3.44. The van der Waals surface area contributed by atoms with Crippen LogP contribution in [0.2, 0.25) is 0 Å². The third-order valence-corrected chi connectivity index (χ3v) is 2.21. The molecule has 2 nitrogen and oxygen atoms in total. The highest BCUT2D eigenvalue weighted by atomic mass is 79.9. The van der Waals surface area contributed by atoms with Crippen molar-refractivity contribution in [3.8, 4) is 0 Å². The van der Waals surface area contributed by atoms with Gasteiger partial charge in [-0.1, -0.05) is 0 Å². The molecule has 1 N–H and O–H groups in total. The van der Waals surface area contributed by atoms with Crippen molar-refractivity contribution in [2.75, 3.05) is 13.6 Å². The van der Waals surface area contributed by atoms with Gasteiger partial charge in [-0.25, -0.2) is 0 Å². The number of nitrogens with one attached hydrogen (secondary N) is 1. The molecule has 11 heavy (non-hydrogen) atoms. The second-order valence-corrected chi connectivity index (χ2v) is 3.17. The quantitative estimate of drug-likeness (QED) is 0.828. The van der Waals surface area contributed by atoms with Gasteiger partial charge in [0.2, 0.25) is 0 Å². The molecular formula is C8H11BrN2. The van der Waals surface area contributed by atoms with Crippen LogP contribution in [0.25, 0.3) is 0 Å². The largest absolute Gasteiger partial charge is 0.319 e. The highest BCUT2D eigenvalue weighted by Gasteiger charge is 1.96. The average Bonchev–Trinajstić information content (AvgIpc) is 2.03. The van der Waals surface area contributed by atoms with Crippen LogP contribution in [0.1, 0.15) is 5.56 Å². The van der Waals surface area contributed by atoms with E-state index < -0.39 is 0 Å². The second-order valence-electron chi connectivity index (χ2n) is 2.32. The number of likely N-dealkylation sites (N-methyl/N-ethyl adjacent to an activating group) is 1. The third-order valence-electron chi connectivity index (χ3n) is 1.50. The monoisotopic (exact) mass is 214 g/mol. The molecule has 0 saturated heterocycles. The maximum absolute atomic E-state index is 3.99. The Kier molecular flexibility index (Phi) is 3.52. The predicted molar refractivity (Wildman–Crippen MR) is 49.6 cm³/mol. The maximum atomic E-state index is 3.99. The summed E-state index contributed by atoms with van der Waals surface area (Å²) in [5.41, 5.74) is 1.30. The molecule has 1 aromatic rings. The van der Waals surface area contributed by atoms with E-state index in [9.17, 15) is 0 Å². The number of hydrogen-bond donors (Lipinski definition) is 1. The predicted octanol–water partition coefficient (Wildman–Crippen LogP) is 1.61. The number of pyridine rings is 1. The average molecular weight is 215 g/mol. The van der Waals surface area contributed by atoms with Gasteiger partial charge >= 0.3 is 0 Å². The zero-order valence-corrected chi connectivity index (χ0v) is 8.06. The van der Waals surface area contributed by atoms with Gasteiger partial charge in [0.25, 0.3) is 0 Å². The van der Waals surface area contributed by atoms with Gasteiger partial charge in [0.15, 0.2) is 0 Å². The minimum Gasteiger partial charge on any atom is -0.319 e. The van der Waals surface area contributed by atoms with Crippen LogP contribution in [-0.2, 0) is 6.42 Å². The molecule has 0 radical (unpaired) electrons. The van der Waals surface area contributed by atoms with E-state index in [0.717, 1.165) is 17.4 Å². The normalized spacial score (nSPS) is 10.0. The molecule has 0 atom stereocenters. The van der Waals surface area contributed by atoms with Gasteiger partial charge in [-0.15, -0.1) is 0 Å². The van der Waals surface area contributed by atoms with E-state index in [4.69, 9.17) is 0 Å². The number of nitrogens with zero attached hydrogens (tertiary/aromatic N) is 1. The minimum absolute atomic E-state index is 1.00. The Bertz CT molecular complexity index is 225. The van der Waals surface area contributed by atoms with Crippen LogP contribution in [0.4, 0.5) is 0 Å². The molecule has 0 aliphatic heterocycles. The van der Waals surface area contributed by atoms with Crippen LogP contribution in [0.15, 0.2) is 22.9 Å². The van der Waals surface area contributed by atoms with E-state index in [0.29, 0.717) is 0 Å². The number of aromatic nitrogens is 1. The summed E-state index contributed by atoms with van der Waals surface area (Å²) in [5, 5.41) is 3.10. The summed E-state index contributed by atoms with van der Waals surface area (Å²) in [4.78, 5) is 3.99. The van der Waals surface area contributed by atoms with Crippen LogP contribution in [0, 0.1) is 0 Å². The van der Waals surface area contributed by atoms with Gasteiger partial charge in [-0.2, -0.15) is 0 Å². The highest BCUT2D eigenvalue weighted by molar-refractivity contribution is 9.10. The zero-order chi connectivity index (χ0) is 8.10. The molecule has 0 aliphatic carbocycles. The van der Waals surface area contributed by atoms with Gasteiger partial charge in [0.05, 0.1) is 0 Å². The Morgan fingerprint density at radius 2 is 2.45 bits per heavy atom. The van der Waals surface area contributed by atoms with Crippen molar-refractivity contribution >= 4 is 15.9 Å². The summed E-state index contributed by atoms with van der Waals surface area (Å²) < 4.78 is 1.09. The molecule has 0 fully saturated rings. The number of halogens is 1. The standard InChI is InChI=1S/C8H11BrN2/c1-10-4-2-7-3-5-11-6-8(7)9/h3,5-6,10H,2,4H2,1H3. The van der Waals surface area contributed by atoms with E-state index in [1.807, 2.05) is 25.5 Å². The zero-order valence-electron chi connectivity index (χ0n) is 6.47. The lowest BCUT2D eigenvalue weighted by atomic mass is 10.2. The highest BCUT2D eigenvalue weighted by Crippen LogP contribution is 2.13. The van der Waals surface area contributed by atoms with E-state index in [2.05, 4.69) is 26.2 Å². The van der Waals surface area contributed by atoms with Crippen LogP contribution < -0.4 is 5.32 Å². The van der Waals surface area contributed by atoms with Crippen LogP contribution >= 0.6 is 15.9 Å². The van der Waals surface area contributed by atoms with Crippen molar-refractivity contribution in [2.45, 2.75) is 6.42 Å². The van der Waals surface area contributed by atoms with Crippen molar-refractivity contribution < 1.29 is 0 Å². The molecule has 1 aromatic heterocycles. The summed E-state index contributed by atoms with van der Waals surface area (Å²) in [7, 11) is 1.95. The lowest BCUT2D eigenvalue weighted by Gasteiger charge is -2.01. The van der Waals surface area contributed by atoms with Gasteiger partial charge in [0.1, 0.15) is 0 Å². The fourth-order valence-corrected chi connectivity index (χ4v) is 1.32. The molecule has 1 heterocycles. The Balaban J connectivity index is 2.62. The minimum atomic E-state index is 1.00. The smallest absolute Gasteiger partial charge is 0.0412 e. The van der Waals surface area contributed by atoms with E-state index in [-0.39, 0.29) is 0 Å². The Morgan fingerprint density at radius 1 is 1.64 bits per heavy atom. The molecule has 60 valence electrons.